The van der Waals surface area contributed by atoms with Gasteiger partial charge in [0.15, 0.2) is 0 Å². The van der Waals surface area contributed by atoms with E-state index in [9.17, 15) is 4.79 Å². The summed E-state index contributed by atoms with van der Waals surface area (Å²) in [6, 6.07) is 7.54. The lowest BCUT2D eigenvalue weighted by molar-refractivity contribution is -0.126. The summed E-state index contributed by atoms with van der Waals surface area (Å²) in [5.41, 5.74) is 7.05. The van der Waals surface area contributed by atoms with Crippen molar-refractivity contribution in [1.29, 1.82) is 0 Å². The Morgan fingerprint density at radius 3 is 2.47 bits per heavy atom. The van der Waals surface area contributed by atoms with Crippen LogP contribution in [0.1, 0.15) is 38.2 Å². The number of benzene rings is 1. The van der Waals surface area contributed by atoms with Gasteiger partial charge in [-0.3, -0.25) is 4.79 Å². The van der Waals surface area contributed by atoms with Gasteiger partial charge in [-0.1, -0.05) is 44.1 Å². The summed E-state index contributed by atoms with van der Waals surface area (Å²) in [5, 5.41) is 0. The van der Waals surface area contributed by atoms with Crippen LogP contribution in [0.15, 0.2) is 24.3 Å². The highest BCUT2D eigenvalue weighted by Crippen LogP contribution is 2.40. The number of thiocarbonyl (C=S) groups is 1. The molecule has 1 amide bonds. The number of carbonyl (C=O) groups excluding carboxylic acids is 1. The van der Waals surface area contributed by atoms with Crippen molar-refractivity contribution < 1.29 is 4.79 Å². The van der Waals surface area contributed by atoms with Crippen molar-refractivity contribution in [2.24, 2.45) is 11.1 Å². The van der Waals surface area contributed by atoms with Crippen LogP contribution >= 0.6 is 12.2 Å². The largest absolute Gasteiger partial charge is 0.389 e. The predicted octanol–water partition coefficient (Wildman–Crippen LogP) is 2.86. The molecule has 0 aliphatic heterocycles. The van der Waals surface area contributed by atoms with Crippen LogP contribution in [-0.4, -0.2) is 17.9 Å². The van der Waals surface area contributed by atoms with Crippen LogP contribution in [0.3, 0.4) is 0 Å². The summed E-state index contributed by atoms with van der Waals surface area (Å²) in [7, 11) is 1.81. The molecule has 1 aromatic carbocycles. The highest BCUT2D eigenvalue weighted by Gasteiger charge is 2.38. The van der Waals surface area contributed by atoms with E-state index >= 15 is 0 Å². The summed E-state index contributed by atoms with van der Waals surface area (Å²) in [6.07, 6.45) is 4.19. The molecule has 1 aromatic rings. The maximum Gasteiger partial charge on any atom is 0.232 e. The minimum atomic E-state index is -0.238. The Labute approximate surface area is 119 Å². The molecule has 1 aliphatic carbocycles. The number of rotatable bonds is 3. The molecule has 1 saturated carbocycles. The van der Waals surface area contributed by atoms with E-state index in [4.69, 9.17) is 18.0 Å². The minimum absolute atomic E-state index is 0.161. The Hall–Kier alpha value is -1.42. The molecule has 1 fully saturated rings. The lowest BCUT2D eigenvalue weighted by Crippen LogP contribution is -2.39. The van der Waals surface area contributed by atoms with Crippen LogP contribution in [0, 0.1) is 5.41 Å². The van der Waals surface area contributed by atoms with Crippen molar-refractivity contribution in [3.63, 3.8) is 0 Å². The van der Waals surface area contributed by atoms with Gasteiger partial charge in [-0.2, -0.15) is 0 Å². The molecular weight excluding hydrogens is 256 g/mol. The molecule has 4 heteroatoms. The highest BCUT2D eigenvalue weighted by molar-refractivity contribution is 7.80. The third kappa shape index (κ3) is 2.63. The normalized spacial score (nSPS) is 17.2. The summed E-state index contributed by atoms with van der Waals surface area (Å²) in [6.45, 7) is 2.06. The van der Waals surface area contributed by atoms with Crippen LogP contribution in [0.5, 0.6) is 0 Å². The number of para-hydroxylation sites is 1. The molecule has 0 heterocycles. The number of hydrogen-bond donors (Lipinski definition) is 1. The summed E-state index contributed by atoms with van der Waals surface area (Å²) >= 11 is 5.06. The van der Waals surface area contributed by atoms with Gasteiger partial charge in [-0.05, 0) is 25.0 Å². The van der Waals surface area contributed by atoms with E-state index in [0.29, 0.717) is 4.99 Å². The van der Waals surface area contributed by atoms with Crippen LogP contribution < -0.4 is 10.6 Å². The first-order chi connectivity index (χ1) is 8.96. The van der Waals surface area contributed by atoms with E-state index in [1.54, 1.807) is 4.90 Å². The van der Waals surface area contributed by atoms with Gasteiger partial charge in [0.2, 0.25) is 5.91 Å². The lowest BCUT2D eigenvalue weighted by Gasteiger charge is -2.30. The molecule has 0 unspecified atom stereocenters. The van der Waals surface area contributed by atoms with Gasteiger partial charge >= 0.3 is 0 Å². The zero-order valence-electron chi connectivity index (χ0n) is 11.5. The van der Waals surface area contributed by atoms with Gasteiger partial charge in [-0.25, -0.2) is 0 Å². The molecule has 102 valence electrons. The van der Waals surface area contributed by atoms with Crippen LogP contribution in [0.2, 0.25) is 0 Å². The van der Waals surface area contributed by atoms with Gasteiger partial charge < -0.3 is 10.6 Å². The fourth-order valence-electron chi connectivity index (χ4n) is 2.86. The Bertz CT molecular complexity index is 507. The molecule has 0 saturated heterocycles. The van der Waals surface area contributed by atoms with Crippen molar-refractivity contribution in [2.75, 3.05) is 11.9 Å². The predicted molar refractivity (Wildman–Crippen MR) is 82.3 cm³/mol. The maximum absolute atomic E-state index is 12.7. The molecule has 0 aromatic heterocycles. The second kappa shape index (κ2) is 5.29. The Balaban J connectivity index is 2.31. The van der Waals surface area contributed by atoms with E-state index in [-0.39, 0.29) is 11.3 Å². The highest BCUT2D eigenvalue weighted by atomic mass is 32.1. The standard InChI is InChI=1S/C15H20N2OS/c1-15(9-5-6-10-15)14(18)17(2)12-8-4-3-7-11(12)13(16)19/h3-4,7-8H,5-6,9-10H2,1-2H3,(H2,16,19). The fourth-order valence-corrected chi connectivity index (χ4v) is 3.03. The van der Waals surface area contributed by atoms with Crippen LogP contribution in [0.4, 0.5) is 5.69 Å². The first-order valence-corrected chi connectivity index (χ1v) is 7.03. The molecule has 19 heavy (non-hydrogen) atoms. The first kappa shape index (κ1) is 14.0. The number of nitrogens with zero attached hydrogens (tertiary/aromatic N) is 1. The van der Waals surface area contributed by atoms with Gasteiger partial charge in [0.1, 0.15) is 4.99 Å². The quantitative estimate of drug-likeness (QED) is 0.864. The van der Waals surface area contributed by atoms with Crippen molar-refractivity contribution in [2.45, 2.75) is 32.6 Å². The van der Waals surface area contributed by atoms with Crippen LogP contribution in [0.25, 0.3) is 0 Å². The monoisotopic (exact) mass is 276 g/mol. The Morgan fingerprint density at radius 2 is 1.89 bits per heavy atom. The number of amides is 1. The topological polar surface area (TPSA) is 46.3 Å². The van der Waals surface area contributed by atoms with E-state index in [0.717, 1.165) is 36.9 Å². The van der Waals surface area contributed by atoms with Gasteiger partial charge in [-0.15, -0.1) is 0 Å². The Kier molecular flexibility index (Phi) is 3.90. The molecule has 0 atom stereocenters. The third-order valence-electron chi connectivity index (χ3n) is 4.06. The van der Waals surface area contributed by atoms with E-state index in [2.05, 4.69) is 6.92 Å². The molecule has 0 bridgehead atoms. The third-order valence-corrected chi connectivity index (χ3v) is 4.28. The zero-order chi connectivity index (χ0) is 14.0. The molecule has 0 spiro atoms. The van der Waals surface area contributed by atoms with E-state index in [1.807, 2.05) is 31.3 Å². The summed E-state index contributed by atoms with van der Waals surface area (Å²) < 4.78 is 0. The fraction of sp³-hybridized carbons (Fsp3) is 0.467. The van der Waals surface area contributed by atoms with Crippen molar-refractivity contribution in [1.82, 2.24) is 0 Å². The average molecular weight is 276 g/mol. The van der Waals surface area contributed by atoms with Crippen molar-refractivity contribution in [3.8, 4) is 0 Å². The molecule has 2 rings (SSSR count). The Morgan fingerprint density at radius 1 is 1.32 bits per heavy atom. The van der Waals surface area contributed by atoms with Gasteiger partial charge in [0.25, 0.3) is 0 Å². The number of anilines is 1. The first-order valence-electron chi connectivity index (χ1n) is 6.63. The van der Waals surface area contributed by atoms with Gasteiger partial charge in [0.05, 0.1) is 5.69 Å². The smallest absolute Gasteiger partial charge is 0.232 e. The van der Waals surface area contributed by atoms with Crippen molar-refractivity contribution >= 4 is 28.8 Å². The minimum Gasteiger partial charge on any atom is -0.389 e. The summed E-state index contributed by atoms with van der Waals surface area (Å²) in [5.74, 6) is 0.161. The molecular formula is C15H20N2OS. The zero-order valence-corrected chi connectivity index (χ0v) is 12.3. The second-order valence-electron chi connectivity index (χ2n) is 5.51. The van der Waals surface area contributed by atoms with E-state index in [1.165, 1.54) is 0 Å². The van der Waals surface area contributed by atoms with Crippen LogP contribution in [-0.2, 0) is 4.79 Å². The summed E-state index contributed by atoms with van der Waals surface area (Å²) in [4.78, 5) is 14.7. The molecule has 2 N–H and O–H groups in total. The molecule has 1 aliphatic rings. The average Bonchev–Trinajstić information content (AvgIpc) is 2.85. The van der Waals surface area contributed by atoms with E-state index < -0.39 is 0 Å². The lowest BCUT2D eigenvalue weighted by atomic mass is 9.87. The second-order valence-corrected chi connectivity index (χ2v) is 5.95. The maximum atomic E-state index is 12.7. The van der Waals surface area contributed by atoms with Crippen molar-refractivity contribution in [3.05, 3.63) is 29.8 Å². The SMILES string of the molecule is CN(C(=O)C1(C)CCCC1)c1ccccc1C(N)=S. The number of hydrogen-bond acceptors (Lipinski definition) is 2. The van der Waals surface area contributed by atoms with Gasteiger partial charge in [0, 0.05) is 18.0 Å². The number of carbonyl (C=O) groups is 1. The number of nitrogens with two attached hydrogens (primary N) is 1. The molecule has 0 radical (unpaired) electrons. The molecule has 3 nitrogen and oxygen atoms in total.